The highest BCUT2D eigenvalue weighted by Crippen LogP contribution is 2.14. The zero-order valence-electron chi connectivity index (χ0n) is 9.64. The molecule has 88 valence electrons. The molecule has 0 saturated carbocycles. The van der Waals surface area contributed by atoms with Gasteiger partial charge in [-0.3, -0.25) is 4.79 Å². The van der Waals surface area contributed by atoms with Gasteiger partial charge in [0, 0.05) is 0 Å². The molecule has 1 atom stereocenters. The van der Waals surface area contributed by atoms with Crippen LogP contribution in [0.1, 0.15) is 51.9 Å². The second kappa shape index (κ2) is 10.3. The van der Waals surface area contributed by atoms with Gasteiger partial charge in [-0.1, -0.05) is 35.2 Å². The summed E-state index contributed by atoms with van der Waals surface area (Å²) in [5.74, 6) is -0.129. The van der Waals surface area contributed by atoms with Crippen molar-refractivity contribution < 1.29 is 9.53 Å². The Kier molecular flexibility index (Phi) is 10.2. The maximum atomic E-state index is 11.2. The van der Waals surface area contributed by atoms with E-state index in [1.165, 1.54) is 25.7 Å². The van der Waals surface area contributed by atoms with Crippen molar-refractivity contribution in [1.82, 2.24) is 0 Å². The van der Waals surface area contributed by atoms with E-state index in [0.717, 1.165) is 19.3 Å². The summed E-state index contributed by atoms with van der Waals surface area (Å²) in [5.41, 5.74) is 0. The molecule has 0 aliphatic rings. The van der Waals surface area contributed by atoms with Gasteiger partial charge in [-0.2, -0.15) is 0 Å². The Hall–Kier alpha value is -0.180. The molecule has 0 bridgehead atoms. The Labute approximate surface area is 102 Å². The zero-order chi connectivity index (χ0) is 11.5. The number of carbonyl (C=O) groups excluding carboxylic acids is 1. The Morgan fingerprint density at radius 3 is 2.47 bits per heavy atom. The van der Waals surface area contributed by atoms with Gasteiger partial charge in [0.15, 0.2) is 0 Å². The second-order valence-corrected chi connectivity index (χ2v) is 4.73. The van der Waals surface area contributed by atoms with Gasteiger partial charge in [-0.05, 0) is 26.2 Å². The van der Waals surface area contributed by atoms with Crippen molar-refractivity contribution in [2.45, 2.75) is 56.7 Å². The van der Waals surface area contributed by atoms with Gasteiger partial charge in [0.2, 0.25) is 0 Å². The number of unbranched alkanes of at least 4 members (excludes halogenated alkanes) is 5. The van der Waals surface area contributed by atoms with Gasteiger partial charge in [0.05, 0.1) is 20.0 Å². The summed E-state index contributed by atoms with van der Waals surface area (Å²) < 4.78 is 4.91. The van der Waals surface area contributed by atoms with Crippen LogP contribution in [-0.4, -0.2) is 17.4 Å². The Morgan fingerprint density at radius 2 is 1.87 bits per heavy atom. The predicted molar refractivity (Wildman–Crippen MR) is 67.0 cm³/mol. The normalized spacial score (nSPS) is 12.4. The first-order valence-corrected chi connectivity index (χ1v) is 6.73. The molecular formula is C12H22BrO2+. The standard InChI is InChI=1S/C12H22BrO2/c1-3-5-6-7-8-9-10-11(13)12(14)15-4-2/h11H,1,3-10H2,2H3/q+1. The monoisotopic (exact) mass is 277 g/mol. The molecule has 0 heterocycles. The van der Waals surface area contributed by atoms with Crippen LogP contribution in [-0.2, 0) is 9.53 Å². The van der Waals surface area contributed by atoms with Crippen molar-refractivity contribution >= 4 is 21.9 Å². The minimum Gasteiger partial charge on any atom is -0.465 e. The number of ether oxygens (including phenoxy) is 1. The van der Waals surface area contributed by atoms with Crippen LogP contribution in [0.25, 0.3) is 0 Å². The lowest BCUT2D eigenvalue weighted by molar-refractivity contribution is -0.142. The van der Waals surface area contributed by atoms with Crippen LogP contribution in [0, 0.1) is 6.92 Å². The molecule has 0 fully saturated rings. The highest BCUT2D eigenvalue weighted by molar-refractivity contribution is 9.10. The van der Waals surface area contributed by atoms with Gasteiger partial charge in [-0.15, -0.1) is 0 Å². The average molecular weight is 278 g/mol. The highest BCUT2D eigenvalue weighted by atomic mass is 79.9. The van der Waals surface area contributed by atoms with Crippen molar-refractivity contribution in [3.05, 3.63) is 6.92 Å². The van der Waals surface area contributed by atoms with Gasteiger partial charge in [0.1, 0.15) is 4.83 Å². The molecule has 0 rings (SSSR count). The fourth-order valence-corrected chi connectivity index (χ4v) is 1.84. The highest BCUT2D eigenvalue weighted by Gasteiger charge is 2.14. The van der Waals surface area contributed by atoms with E-state index in [-0.39, 0.29) is 10.8 Å². The third-order valence-electron chi connectivity index (χ3n) is 2.25. The molecule has 3 heteroatoms. The van der Waals surface area contributed by atoms with E-state index in [1.54, 1.807) is 0 Å². The van der Waals surface area contributed by atoms with Crippen LogP contribution in [0.4, 0.5) is 0 Å². The number of hydrogen-bond donors (Lipinski definition) is 0. The summed E-state index contributed by atoms with van der Waals surface area (Å²) in [5, 5.41) is 0. The molecule has 0 spiro atoms. The number of halogens is 1. The van der Waals surface area contributed by atoms with Crippen LogP contribution in [0.3, 0.4) is 0 Å². The van der Waals surface area contributed by atoms with E-state index in [2.05, 4.69) is 22.9 Å². The third kappa shape index (κ3) is 8.79. The molecule has 0 N–H and O–H groups in total. The molecule has 2 nitrogen and oxygen atoms in total. The van der Waals surface area contributed by atoms with E-state index in [0.29, 0.717) is 6.61 Å². The summed E-state index contributed by atoms with van der Waals surface area (Å²) in [4.78, 5) is 11.1. The number of carbonyl (C=O) groups is 1. The van der Waals surface area contributed by atoms with Gasteiger partial charge in [0.25, 0.3) is 0 Å². The lowest BCUT2D eigenvalue weighted by Gasteiger charge is -2.08. The summed E-state index contributed by atoms with van der Waals surface area (Å²) in [6.45, 7) is 6.10. The zero-order valence-corrected chi connectivity index (χ0v) is 11.2. The predicted octanol–water partition coefficient (Wildman–Crippen LogP) is 3.88. The van der Waals surface area contributed by atoms with Gasteiger partial charge >= 0.3 is 5.97 Å². The minimum atomic E-state index is -0.129. The van der Waals surface area contributed by atoms with E-state index in [1.807, 2.05) is 6.92 Å². The topological polar surface area (TPSA) is 26.3 Å². The van der Waals surface area contributed by atoms with Crippen LogP contribution in [0.5, 0.6) is 0 Å². The molecule has 1 unspecified atom stereocenters. The fourth-order valence-electron chi connectivity index (χ4n) is 1.38. The molecule has 0 aliphatic carbocycles. The maximum Gasteiger partial charge on any atom is 0.319 e. The molecule has 0 saturated heterocycles. The molecule has 0 amide bonds. The molecule has 15 heavy (non-hydrogen) atoms. The smallest absolute Gasteiger partial charge is 0.319 e. The third-order valence-corrected chi connectivity index (χ3v) is 3.08. The quantitative estimate of drug-likeness (QED) is 0.277. The first kappa shape index (κ1) is 14.8. The molecule has 0 radical (unpaired) electrons. The van der Waals surface area contributed by atoms with E-state index >= 15 is 0 Å². The number of esters is 1. The largest absolute Gasteiger partial charge is 0.465 e. The Bertz CT molecular complexity index is 160. The molecule has 0 aliphatic heterocycles. The van der Waals surface area contributed by atoms with Crippen molar-refractivity contribution in [3.8, 4) is 0 Å². The average Bonchev–Trinajstić information content (AvgIpc) is 2.23. The first-order chi connectivity index (χ1) is 7.22. The summed E-state index contributed by atoms with van der Waals surface area (Å²) in [7, 11) is 0. The number of hydrogen-bond acceptors (Lipinski definition) is 2. The summed E-state index contributed by atoms with van der Waals surface area (Å²) in [6, 6.07) is 0. The van der Waals surface area contributed by atoms with E-state index in [4.69, 9.17) is 4.74 Å². The van der Waals surface area contributed by atoms with Crippen LogP contribution >= 0.6 is 15.9 Å². The van der Waals surface area contributed by atoms with Gasteiger partial charge < -0.3 is 4.74 Å². The molecular weight excluding hydrogens is 256 g/mol. The lowest BCUT2D eigenvalue weighted by Crippen LogP contribution is -2.17. The Balaban J connectivity index is 3.30. The molecule has 0 aromatic rings. The lowest BCUT2D eigenvalue weighted by atomic mass is 10.1. The number of alkyl halides is 1. The summed E-state index contributed by atoms with van der Waals surface area (Å²) in [6.07, 6.45) is 7.92. The maximum absolute atomic E-state index is 11.2. The Morgan fingerprint density at radius 1 is 1.27 bits per heavy atom. The van der Waals surface area contributed by atoms with E-state index in [9.17, 15) is 4.79 Å². The van der Waals surface area contributed by atoms with Crippen molar-refractivity contribution in [2.75, 3.05) is 6.61 Å². The molecule has 0 aromatic heterocycles. The van der Waals surface area contributed by atoms with Crippen molar-refractivity contribution in [3.63, 3.8) is 0 Å². The first-order valence-electron chi connectivity index (χ1n) is 5.82. The van der Waals surface area contributed by atoms with E-state index < -0.39 is 0 Å². The minimum absolute atomic E-state index is 0.120. The second-order valence-electron chi connectivity index (χ2n) is 3.63. The van der Waals surface area contributed by atoms with Crippen LogP contribution < -0.4 is 0 Å². The van der Waals surface area contributed by atoms with Crippen LogP contribution in [0.15, 0.2) is 0 Å². The number of rotatable bonds is 9. The SMILES string of the molecule is [CH2+]CCCCCCCC(Br)C(=O)OCC. The summed E-state index contributed by atoms with van der Waals surface area (Å²) >= 11 is 3.34. The van der Waals surface area contributed by atoms with Crippen LogP contribution in [0.2, 0.25) is 0 Å². The van der Waals surface area contributed by atoms with Crippen molar-refractivity contribution in [2.24, 2.45) is 0 Å². The van der Waals surface area contributed by atoms with Gasteiger partial charge in [-0.25, -0.2) is 0 Å². The van der Waals surface area contributed by atoms with Crippen molar-refractivity contribution in [1.29, 1.82) is 0 Å². The molecule has 0 aromatic carbocycles. The fraction of sp³-hybridized carbons (Fsp3) is 0.833.